The molecule has 2 aromatic heterocycles. The van der Waals surface area contributed by atoms with Crippen molar-refractivity contribution in [1.29, 1.82) is 0 Å². The Bertz CT molecular complexity index is 1040. The van der Waals surface area contributed by atoms with Gasteiger partial charge in [0, 0.05) is 49.1 Å². The van der Waals surface area contributed by atoms with E-state index in [4.69, 9.17) is 12.2 Å². The van der Waals surface area contributed by atoms with Gasteiger partial charge in [-0.25, -0.2) is 0 Å². The van der Waals surface area contributed by atoms with E-state index in [0.717, 1.165) is 17.1 Å². The third kappa shape index (κ3) is 3.77. The second-order valence-corrected chi connectivity index (χ2v) is 7.36. The summed E-state index contributed by atoms with van der Waals surface area (Å²) < 4.78 is 2.01. The van der Waals surface area contributed by atoms with Crippen LogP contribution in [0.3, 0.4) is 0 Å². The van der Waals surface area contributed by atoms with Crippen LogP contribution >= 0.6 is 12.2 Å². The molecule has 1 saturated heterocycles. The smallest absolute Gasteiger partial charge is 0.269 e. The highest BCUT2D eigenvalue weighted by Gasteiger charge is 2.40. The SMILES string of the molecule is O=[N+]([O-])c1ccc(-n2cccc2[C@@H]2[C@H](c3ccccn3)NC(=S)N2CCCO)cc1. The zero-order valence-corrected chi connectivity index (χ0v) is 16.9. The van der Waals surface area contributed by atoms with Crippen LogP contribution in [-0.2, 0) is 0 Å². The fraction of sp³-hybridized carbons (Fsp3) is 0.238. The average molecular weight is 423 g/mol. The minimum Gasteiger partial charge on any atom is -0.396 e. The molecule has 0 aliphatic carbocycles. The number of non-ortho nitro benzene ring substituents is 1. The molecule has 2 N–H and O–H groups in total. The van der Waals surface area contributed by atoms with Crippen LogP contribution in [0, 0.1) is 10.1 Å². The summed E-state index contributed by atoms with van der Waals surface area (Å²) in [6.45, 7) is 0.672. The van der Waals surface area contributed by atoms with E-state index in [1.54, 1.807) is 18.3 Å². The predicted octanol–water partition coefficient (Wildman–Crippen LogP) is 3.14. The van der Waals surface area contributed by atoms with Crippen LogP contribution in [-0.4, -0.2) is 42.7 Å². The van der Waals surface area contributed by atoms with E-state index in [2.05, 4.69) is 15.2 Å². The molecule has 1 aliphatic rings. The monoisotopic (exact) mass is 423 g/mol. The van der Waals surface area contributed by atoms with Gasteiger partial charge in [-0.05, 0) is 55.0 Å². The predicted molar refractivity (Wildman–Crippen MR) is 116 cm³/mol. The molecule has 0 amide bonds. The zero-order chi connectivity index (χ0) is 21.1. The lowest BCUT2D eigenvalue weighted by Crippen LogP contribution is -2.31. The molecule has 3 aromatic rings. The summed E-state index contributed by atoms with van der Waals surface area (Å²) in [4.78, 5) is 17.2. The van der Waals surface area contributed by atoms with Gasteiger partial charge >= 0.3 is 0 Å². The van der Waals surface area contributed by atoms with Crippen molar-refractivity contribution in [2.45, 2.75) is 18.5 Å². The van der Waals surface area contributed by atoms with Gasteiger partial charge in [-0.15, -0.1) is 0 Å². The fourth-order valence-electron chi connectivity index (χ4n) is 3.81. The van der Waals surface area contributed by atoms with Crippen molar-refractivity contribution in [1.82, 2.24) is 19.8 Å². The maximum atomic E-state index is 11.0. The Labute approximate surface area is 178 Å². The Morgan fingerprint density at radius 1 is 1.17 bits per heavy atom. The Kier molecular flexibility index (Phi) is 5.73. The Morgan fingerprint density at radius 2 is 1.97 bits per heavy atom. The number of nitro benzene ring substituents is 1. The number of aliphatic hydroxyl groups is 1. The lowest BCUT2D eigenvalue weighted by molar-refractivity contribution is -0.384. The zero-order valence-electron chi connectivity index (χ0n) is 16.1. The molecule has 0 radical (unpaired) electrons. The number of benzene rings is 1. The van der Waals surface area contributed by atoms with E-state index in [9.17, 15) is 15.2 Å². The van der Waals surface area contributed by atoms with Gasteiger partial charge in [0.2, 0.25) is 0 Å². The summed E-state index contributed by atoms with van der Waals surface area (Å²) in [6, 6.07) is 15.9. The molecule has 4 rings (SSSR count). The number of nitrogens with zero attached hydrogens (tertiary/aromatic N) is 4. The number of aromatic nitrogens is 2. The van der Waals surface area contributed by atoms with Crippen LogP contribution in [0.25, 0.3) is 5.69 Å². The lowest BCUT2D eigenvalue weighted by atomic mass is 10.0. The Balaban J connectivity index is 1.76. The molecular formula is C21H21N5O3S. The van der Waals surface area contributed by atoms with Crippen LogP contribution in [0.5, 0.6) is 0 Å². The number of hydrogen-bond acceptors (Lipinski definition) is 5. The topological polar surface area (TPSA) is 96.5 Å². The summed E-state index contributed by atoms with van der Waals surface area (Å²) in [5, 5.41) is 24.3. The van der Waals surface area contributed by atoms with Crippen LogP contribution in [0.1, 0.15) is 29.9 Å². The maximum absolute atomic E-state index is 11.0. The molecular weight excluding hydrogens is 402 g/mol. The molecule has 1 fully saturated rings. The maximum Gasteiger partial charge on any atom is 0.269 e. The Hall–Kier alpha value is -3.30. The number of aliphatic hydroxyl groups excluding tert-OH is 1. The average Bonchev–Trinajstić information content (AvgIpc) is 3.37. The van der Waals surface area contributed by atoms with E-state index in [1.807, 2.05) is 41.1 Å². The number of nitro groups is 1. The van der Waals surface area contributed by atoms with Crippen molar-refractivity contribution < 1.29 is 10.0 Å². The van der Waals surface area contributed by atoms with Gasteiger partial charge in [0.25, 0.3) is 5.69 Å². The highest BCUT2D eigenvalue weighted by atomic mass is 32.1. The molecule has 0 unspecified atom stereocenters. The molecule has 1 aromatic carbocycles. The second kappa shape index (κ2) is 8.60. The third-order valence-electron chi connectivity index (χ3n) is 5.18. The number of thiocarbonyl (C=S) groups is 1. The summed E-state index contributed by atoms with van der Waals surface area (Å²) in [5.41, 5.74) is 2.71. The third-order valence-corrected chi connectivity index (χ3v) is 5.53. The molecule has 2 atom stereocenters. The number of pyridine rings is 1. The van der Waals surface area contributed by atoms with E-state index in [1.165, 1.54) is 12.1 Å². The molecule has 0 bridgehead atoms. The van der Waals surface area contributed by atoms with E-state index in [0.29, 0.717) is 18.1 Å². The van der Waals surface area contributed by atoms with Crippen LogP contribution in [0.4, 0.5) is 5.69 Å². The molecule has 30 heavy (non-hydrogen) atoms. The van der Waals surface area contributed by atoms with Gasteiger partial charge in [0.15, 0.2) is 5.11 Å². The van der Waals surface area contributed by atoms with Gasteiger partial charge in [0.1, 0.15) is 0 Å². The van der Waals surface area contributed by atoms with Crippen molar-refractivity contribution in [3.63, 3.8) is 0 Å². The standard InChI is InChI=1S/C21H21N5O3S/c27-14-4-13-25-20(19(23-21(25)30)17-5-1-2-11-22-17)18-6-3-12-24(18)15-7-9-16(10-8-15)26(28)29/h1-3,5-12,19-20,27H,4,13-14H2,(H,23,30)/t19-,20+/m0/s1. The minimum atomic E-state index is -0.409. The molecule has 3 heterocycles. The van der Waals surface area contributed by atoms with Gasteiger partial charge in [-0.2, -0.15) is 0 Å². The van der Waals surface area contributed by atoms with Crippen molar-refractivity contribution >= 4 is 23.0 Å². The first-order valence-electron chi connectivity index (χ1n) is 9.61. The number of hydrogen-bond donors (Lipinski definition) is 2. The first kappa shape index (κ1) is 20.0. The van der Waals surface area contributed by atoms with Gasteiger partial charge in [0.05, 0.1) is 22.7 Å². The molecule has 1 aliphatic heterocycles. The van der Waals surface area contributed by atoms with E-state index >= 15 is 0 Å². The molecule has 154 valence electrons. The number of nitrogens with one attached hydrogen (secondary N) is 1. The normalized spacial score (nSPS) is 18.4. The highest BCUT2D eigenvalue weighted by molar-refractivity contribution is 7.80. The van der Waals surface area contributed by atoms with E-state index in [-0.39, 0.29) is 24.4 Å². The van der Waals surface area contributed by atoms with Crippen LogP contribution in [0.15, 0.2) is 67.0 Å². The molecule has 0 spiro atoms. The highest BCUT2D eigenvalue weighted by Crippen LogP contribution is 2.39. The fourth-order valence-corrected chi connectivity index (χ4v) is 4.15. The van der Waals surface area contributed by atoms with Crippen molar-refractivity contribution in [3.8, 4) is 5.69 Å². The van der Waals surface area contributed by atoms with Crippen molar-refractivity contribution in [2.75, 3.05) is 13.2 Å². The van der Waals surface area contributed by atoms with Gasteiger partial charge < -0.3 is 19.9 Å². The molecule has 8 nitrogen and oxygen atoms in total. The van der Waals surface area contributed by atoms with Crippen LogP contribution in [0.2, 0.25) is 0 Å². The summed E-state index contributed by atoms with van der Waals surface area (Å²) in [5.74, 6) is 0. The first-order chi connectivity index (χ1) is 14.6. The van der Waals surface area contributed by atoms with Crippen LogP contribution < -0.4 is 5.32 Å². The summed E-state index contributed by atoms with van der Waals surface area (Å²) >= 11 is 5.61. The molecule has 9 heteroatoms. The van der Waals surface area contributed by atoms with Crippen molar-refractivity contribution in [3.05, 3.63) is 88.5 Å². The van der Waals surface area contributed by atoms with Gasteiger partial charge in [-0.3, -0.25) is 15.1 Å². The van der Waals surface area contributed by atoms with Crippen molar-refractivity contribution in [2.24, 2.45) is 0 Å². The largest absolute Gasteiger partial charge is 0.396 e. The lowest BCUT2D eigenvalue weighted by Gasteiger charge is -2.28. The minimum absolute atomic E-state index is 0.0482. The van der Waals surface area contributed by atoms with Gasteiger partial charge in [-0.1, -0.05) is 6.07 Å². The van der Waals surface area contributed by atoms with E-state index < -0.39 is 4.92 Å². The first-order valence-corrected chi connectivity index (χ1v) is 10.0. The summed E-state index contributed by atoms with van der Waals surface area (Å²) in [7, 11) is 0. The quantitative estimate of drug-likeness (QED) is 0.342. The summed E-state index contributed by atoms with van der Waals surface area (Å²) in [6.07, 6.45) is 4.27. The second-order valence-electron chi connectivity index (χ2n) is 6.97. The molecule has 0 saturated carbocycles. The number of rotatable bonds is 7. The Morgan fingerprint density at radius 3 is 2.63 bits per heavy atom.